The Morgan fingerprint density at radius 1 is 1.38 bits per heavy atom. The molecule has 1 nitrogen and oxygen atoms in total. The molecule has 2 aromatic rings. The number of rotatable bonds is 2. The fraction of sp³-hybridized carbons (Fsp3) is 0.222. The van der Waals surface area contributed by atoms with E-state index in [1.165, 1.54) is 9.71 Å². The van der Waals surface area contributed by atoms with E-state index in [1.54, 1.807) is 11.3 Å². The van der Waals surface area contributed by atoms with Crippen LogP contribution in [0.3, 0.4) is 0 Å². The van der Waals surface area contributed by atoms with Gasteiger partial charge < -0.3 is 0 Å². The summed E-state index contributed by atoms with van der Waals surface area (Å²) in [7, 11) is 0. The molecule has 0 radical (unpaired) electrons. The lowest BCUT2D eigenvalue weighted by Gasteiger charge is -1.87. The fourth-order valence-electron chi connectivity index (χ4n) is 1.13. The summed E-state index contributed by atoms with van der Waals surface area (Å²) in [6, 6.07) is 6.19. The van der Waals surface area contributed by atoms with E-state index in [4.69, 9.17) is 0 Å². The molecular formula is C9H7Br2NS. The number of aryl methyl sites for hydroxylation is 1. The summed E-state index contributed by atoms with van der Waals surface area (Å²) in [5.41, 5.74) is 1.10. The lowest BCUT2D eigenvalue weighted by molar-refractivity contribution is 1.13. The average molecular weight is 321 g/mol. The minimum Gasteiger partial charge on any atom is -0.241 e. The van der Waals surface area contributed by atoms with Crippen molar-refractivity contribution in [1.82, 2.24) is 4.98 Å². The standard InChI is InChI=1S/C9H7Br2NS/c10-4-3-9-12-7-2-1-6(11)5-8(7)13-9/h1-2,5H,3-4H2. The monoisotopic (exact) mass is 319 g/mol. The number of thiazole rings is 1. The molecule has 0 spiro atoms. The lowest BCUT2D eigenvalue weighted by atomic mass is 10.3. The van der Waals surface area contributed by atoms with E-state index in [0.717, 1.165) is 21.7 Å². The number of nitrogens with zero attached hydrogens (tertiary/aromatic N) is 1. The summed E-state index contributed by atoms with van der Waals surface area (Å²) in [6.45, 7) is 0. The van der Waals surface area contributed by atoms with Crippen LogP contribution >= 0.6 is 43.2 Å². The van der Waals surface area contributed by atoms with E-state index in [0.29, 0.717) is 0 Å². The summed E-state index contributed by atoms with van der Waals surface area (Å²) in [4.78, 5) is 4.51. The molecule has 13 heavy (non-hydrogen) atoms. The molecule has 4 heteroatoms. The van der Waals surface area contributed by atoms with Crippen molar-refractivity contribution in [1.29, 1.82) is 0 Å². The number of aromatic nitrogens is 1. The Balaban J connectivity index is 2.49. The molecule has 0 unspecified atom stereocenters. The molecule has 0 saturated carbocycles. The number of fused-ring (bicyclic) bond motifs is 1. The van der Waals surface area contributed by atoms with Gasteiger partial charge in [0.05, 0.1) is 15.2 Å². The van der Waals surface area contributed by atoms with E-state index < -0.39 is 0 Å². The zero-order valence-electron chi connectivity index (χ0n) is 6.76. The van der Waals surface area contributed by atoms with Crippen LogP contribution in [0.5, 0.6) is 0 Å². The molecule has 0 aliphatic heterocycles. The van der Waals surface area contributed by atoms with Crippen molar-refractivity contribution in [3.05, 3.63) is 27.7 Å². The Kier molecular flexibility index (Phi) is 3.01. The van der Waals surface area contributed by atoms with Gasteiger partial charge in [0.25, 0.3) is 0 Å². The molecule has 0 saturated heterocycles. The van der Waals surface area contributed by atoms with E-state index in [1.807, 2.05) is 12.1 Å². The zero-order valence-corrected chi connectivity index (χ0v) is 10.7. The van der Waals surface area contributed by atoms with Crippen molar-refractivity contribution in [3.8, 4) is 0 Å². The Hall–Kier alpha value is 0.0700. The van der Waals surface area contributed by atoms with Crippen LogP contribution in [0.15, 0.2) is 22.7 Å². The zero-order chi connectivity index (χ0) is 9.26. The van der Waals surface area contributed by atoms with Gasteiger partial charge in [-0.1, -0.05) is 31.9 Å². The van der Waals surface area contributed by atoms with Crippen LogP contribution in [0.2, 0.25) is 0 Å². The van der Waals surface area contributed by atoms with Crippen LogP contribution < -0.4 is 0 Å². The summed E-state index contributed by atoms with van der Waals surface area (Å²) < 4.78 is 2.37. The molecule has 1 heterocycles. The highest BCUT2D eigenvalue weighted by molar-refractivity contribution is 9.10. The number of hydrogen-bond acceptors (Lipinski definition) is 2. The third kappa shape index (κ3) is 2.11. The predicted molar refractivity (Wildman–Crippen MR) is 64.8 cm³/mol. The fourth-order valence-corrected chi connectivity index (χ4v) is 3.29. The summed E-state index contributed by atoms with van der Waals surface area (Å²) in [5.74, 6) is 0. The number of hydrogen-bond donors (Lipinski definition) is 0. The van der Waals surface area contributed by atoms with Gasteiger partial charge in [0.1, 0.15) is 0 Å². The second kappa shape index (κ2) is 4.07. The minimum atomic E-state index is 0.980. The number of halogens is 2. The molecule has 68 valence electrons. The molecule has 0 bridgehead atoms. The Bertz CT molecular complexity index is 424. The second-order valence-corrected chi connectivity index (χ2v) is 5.48. The van der Waals surface area contributed by atoms with Crippen LogP contribution in [0, 0.1) is 0 Å². The van der Waals surface area contributed by atoms with Crippen molar-refractivity contribution in [3.63, 3.8) is 0 Å². The highest BCUT2D eigenvalue weighted by Gasteiger charge is 2.02. The van der Waals surface area contributed by atoms with Gasteiger partial charge in [-0.2, -0.15) is 0 Å². The van der Waals surface area contributed by atoms with Gasteiger partial charge in [-0.15, -0.1) is 11.3 Å². The molecule has 0 fully saturated rings. The maximum atomic E-state index is 4.51. The number of benzene rings is 1. The van der Waals surface area contributed by atoms with Crippen molar-refractivity contribution >= 4 is 53.4 Å². The first-order valence-electron chi connectivity index (χ1n) is 3.90. The van der Waals surface area contributed by atoms with Crippen LogP contribution in [-0.4, -0.2) is 10.3 Å². The molecule has 0 N–H and O–H groups in total. The molecular weight excluding hydrogens is 314 g/mol. The van der Waals surface area contributed by atoms with Crippen LogP contribution in [0.1, 0.15) is 5.01 Å². The summed E-state index contributed by atoms with van der Waals surface area (Å²) in [5, 5.41) is 2.18. The topological polar surface area (TPSA) is 12.9 Å². The van der Waals surface area contributed by atoms with Crippen molar-refractivity contribution in [2.75, 3.05) is 5.33 Å². The number of alkyl halides is 1. The molecule has 0 amide bonds. The van der Waals surface area contributed by atoms with Crippen LogP contribution in [-0.2, 0) is 6.42 Å². The Morgan fingerprint density at radius 2 is 2.23 bits per heavy atom. The Morgan fingerprint density at radius 3 is 3.00 bits per heavy atom. The molecule has 0 atom stereocenters. The van der Waals surface area contributed by atoms with Crippen LogP contribution in [0.4, 0.5) is 0 Å². The van der Waals surface area contributed by atoms with Gasteiger partial charge in [-0.05, 0) is 18.2 Å². The smallest absolute Gasteiger partial charge is 0.0946 e. The largest absolute Gasteiger partial charge is 0.241 e. The van der Waals surface area contributed by atoms with Crippen molar-refractivity contribution in [2.24, 2.45) is 0 Å². The second-order valence-electron chi connectivity index (χ2n) is 2.66. The van der Waals surface area contributed by atoms with E-state index >= 15 is 0 Å². The quantitative estimate of drug-likeness (QED) is 0.762. The maximum absolute atomic E-state index is 4.51. The lowest BCUT2D eigenvalue weighted by Crippen LogP contribution is -1.81. The third-order valence-corrected chi connectivity index (χ3v) is 3.67. The maximum Gasteiger partial charge on any atom is 0.0946 e. The highest BCUT2D eigenvalue weighted by Crippen LogP contribution is 2.25. The third-order valence-electron chi connectivity index (χ3n) is 1.70. The molecule has 2 rings (SSSR count). The molecule has 0 aliphatic carbocycles. The van der Waals surface area contributed by atoms with Crippen molar-refractivity contribution < 1.29 is 0 Å². The summed E-state index contributed by atoms with van der Waals surface area (Å²) in [6.07, 6.45) is 1.01. The minimum absolute atomic E-state index is 0.980. The first-order valence-corrected chi connectivity index (χ1v) is 6.63. The SMILES string of the molecule is BrCCc1nc2ccc(Br)cc2s1. The van der Waals surface area contributed by atoms with Gasteiger partial charge >= 0.3 is 0 Å². The molecule has 0 aliphatic rings. The summed E-state index contributed by atoms with van der Waals surface area (Å²) >= 11 is 8.63. The first kappa shape index (κ1) is 9.62. The van der Waals surface area contributed by atoms with Crippen molar-refractivity contribution in [2.45, 2.75) is 6.42 Å². The van der Waals surface area contributed by atoms with Crippen LogP contribution in [0.25, 0.3) is 10.2 Å². The highest BCUT2D eigenvalue weighted by atomic mass is 79.9. The predicted octanol–water partition coefficient (Wildman–Crippen LogP) is 4.00. The van der Waals surface area contributed by atoms with E-state index in [2.05, 4.69) is 42.9 Å². The Labute approximate surface area is 97.4 Å². The van der Waals surface area contributed by atoms with Gasteiger partial charge in [0, 0.05) is 16.2 Å². The first-order chi connectivity index (χ1) is 6.29. The van der Waals surface area contributed by atoms with E-state index in [-0.39, 0.29) is 0 Å². The van der Waals surface area contributed by atoms with E-state index in [9.17, 15) is 0 Å². The molecule has 1 aromatic heterocycles. The average Bonchev–Trinajstić information content (AvgIpc) is 2.46. The van der Waals surface area contributed by atoms with Gasteiger partial charge in [0.15, 0.2) is 0 Å². The van der Waals surface area contributed by atoms with Gasteiger partial charge in [0.2, 0.25) is 0 Å². The van der Waals surface area contributed by atoms with Gasteiger partial charge in [-0.3, -0.25) is 0 Å². The van der Waals surface area contributed by atoms with Gasteiger partial charge in [-0.25, -0.2) is 4.98 Å². The molecule has 1 aromatic carbocycles. The normalized spacial score (nSPS) is 10.9.